The molecule has 6 heteroatoms. The van der Waals surface area contributed by atoms with E-state index in [2.05, 4.69) is 4.72 Å². The second-order valence-corrected chi connectivity index (χ2v) is 7.22. The Kier molecular flexibility index (Phi) is 5.28. The summed E-state index contributed by atoms with van der Waals surface area (Å²) in [4.78, 5) is 0.313. The predicted octanol–water partition coefficient (Wildman–Crippen LogP) is 2.80. The summed E-state index contributed by atoms with van der Waals surface area (Å²) in [7, 11) is -3.40. The van der Waals surface area contributed by atoms with Gasteiger partial charge >= 0.3 is 0 Å². The number of nitrogens with one attached hydrogen (secondary N) is 1. The molecule has 0 aliphatic carbocycles. The summed E-state index contributed by atoms with van der Waals surface area (Å²) in [5.41, 5.74) is 0.931. The summed E-state index contributed by atoms with van der Waals surface area (Å²) in [6, 6.07) is 10.6. The molecular formula is C14H17NO3S2. The highest BCUT2D eigenvalue weighted by atomic mass is 32.2. The fraction of sp³-hybridized carbons (Fsp3) is 0.286. The molecule has 0 saturated carbocycles. The van der Waals surface area contributed by atoms with Crippen LogP contribution in [0.1, 0.15) is 11.3 Å². The van der Waals surface area contributed by atoms with Crippen molar-refractivity contribution >= 4 is 21.8 Å². The summed E-state index contributed by atoms with van der Waals surface area (Å²) in [5, 5.41) is 0. The van der Waals surface area contributed by atoms with Crippen molar-refractivity contribution in [1.82, 2.24) is 4.72 Å². The van der Waals surface area contributed by atoms with E-state index in [-0.39, 0.29) is 0 Å². The van der Waals surface area contributed by atoms with Gasteiger partial charge in [0.1, 0.15) is 5.76 Å². The van der Waals surface area contributed by atoms with Crippen LogP contribution in [0.15, 0.2) is 52.0 Å². The highest BCUT2D eigenvalue weighted by molar-refractivity contribution is 7.98. The van der Waals surface area contributed by atoms with E-state index in [0.29, 0.717) is 17.2 Å². The fourth-order valence-electron chi connectivity index (χ4n) is 1.68. The quantitative estimate of drug-likeness (QED) is 0.799. The fourth-order valence-corrected chi connectivity index (χ4v) is 3.70. The van der Waals surface area contributed by atoms with Crippen molar-refractivity contribution in [2.45, 2.75) is 17.6 Å². The van der Waals surface area contributed by atoms with Crippen molar-refractivity contribution in [1.29, 1.82) is 0 Å². The van der Waals surface area contributed by atoms with Gasteiger partial charge in [0.25, 0.3) is 0 Å². The van der Waals surface area contributed by atoms with E-state index in [1.807, 2.05) is 25.1 Å². The first-order chi connectivity index (χ1) is 9.58. The molecule has 0 aliphatic heterocycles. The molecule has 0 unspecified atom stereocenters. The molecule has 0 amide bonds. The average Bonchev–Trinajstić information content (AvgIpc) is 2.91. The number of aryl methyl sites for hydroxylation is 1. The van der Waals surface area contributed by atoms with Crippen LogP contribution in [0.4, 0.5) is 0 Å². The maximum Gasteiger partial charge on any atom is 0.240 e. The molecule has 0 bridgehead atoms. The summed E-state index contributed by atoms with van der Waals surface area (Å²) in [6.07, 6.45) is 1.64. The van der Waals surface area contributed by atoms with Gasteiger partial charge in [0.05, 0.1) is 16.9 Å². The van der Waals surface area contributed by atoms with Gasteiger partial charge in [-0.05, 0) is 36.8 Å². The summed E-state index contributed by atoms with van der Waals surface area (Å²) < 4.78 is 31.9. The third-order valence-corrected chi connectivity index (χ3v) is 5.10. The number of hydrogen-bond acceptors (Lipinski definition) is 4. The van der Waals surface area contributed by atoms with Crippen LogP contribution < -0.4 is 4.72 Å². The molecule has 2 aromatic rings. The second kappa shape index (κ2) is 6.97. The Labute approximate surface area is 123 Å². The molecule has 0 atom stereocenters. The van der Waals surface area contributed by atoms with E-state index in [1.54, 1.807) is 36.2 Å². The SMILES string of the molecule is Cc1cccc(S(=O)(=O)NCCSCc2ccco2)c1. The topological polar surface area (TPSA) is 59.3 Å². The molecule has 0 saturated heterocycles. The average molecular weight is 311 g/mol. The lowest BCUT2D eigenvalue weighted by atomic mass is 10.2. The molecule has 1 aromatic heterocycles. The van der Waals surface area contributed by atoms with Gasteiger partial charge in [-0.1, -0.05) is 12.1 Å². The van der Waals surface area contributed by atoms with Gasteiger partial charge in [0.15, 0.2) is 0 Å². The van der Waals surface area contributed by atoms with Crippen LogP contribution in [-0.4, -0.2) is 20.7 Å². The molecule has 2 rings (SSSR count). The Balaban J connectivity index is 1.78. The first-order valence-corrected chi connectivity index (χ1v) is 8.88. The molecule has 20 heavy (non-hydrogen) atoms. The van der Waals surface area contributed by atoms with Crippen molar-refractivity contribution in [2.24, 2.45) is 0 Å². The highest BCUT2D eigenvalue weighted by Gasteiger charge is 2.12. The van der Waals surface area contributed by atoms with E-state index >= 15 is 0 Å². The van der Waals surface area contributed by atoms with Gasteiger partial charge in [-0.2, -0.15) is 11.8 Å². The Morgan fingerprint density at radius 2 is 2.10 bits per heavy atom. The third-order valence-electron chi connectivity index (χ3n) is 2.66. The molecule has 0 radical (unpaired) electrons. The van der Waals surface area contributed by atoms with Crippen LogP contribution in [-0.2, 0) is 15.8 Å². The van der Waals surface area contributed by atoms with Crippen molar-refractivity contribution in [2.75, 3.05) is 12.3 Å². The number of sulfonamides is 1. The molecule has 1 aromatic carbocycles. The van der Waals surface area contributed by atoms with Gasteiger partial charge < -0.3 is 4.42 Å². The summed E-state index contributed by atoms with van der Waals surface area (Å²) >= 11 is 1.63. The zero-order valence-corrected chi connectivity index (χ0v) is 12.8. The second-order valence-electron chi connectivity index (χ2n) is 4.35. The van der Waals surface area contributed by atoms with E-state index < -0.39 is 10.0 Å². The van der Waals surface area contributed by atoms with Crippen LogP contribution in [0, 0.1) is 6.92 Å². The Morgan fingerprint density at radius 3 is 2.80 bits per heavy atom. The lowest BCUT2D eigenvalue weighted by Gasteiger charge is -2.07. The number of furan rings is 1. The molecule has 1 N–H and O–H groups in total. The molecule has 0 spiro atoms. The smallest absolute Gasteiger partial charge is 0.240 e. The summed E-state index contributed by atoms with van der Waals surface area (Å²) in [6.45, 7) is 2.28. The number of thioether (sulfide) groups is 1. The molecule has 0 aliphatic rings. The normalized spacial score (nSPS) is 11.7. The lowest BCUT2D eigenvalue weighted by Crippen LogP contribution is -2.26. The monoisotopic (exact) mass is 311 g/mol. The van der Waals surface area contributed by atoms with Crippen LogP contribution in [0.2, 0.25) is 0 Å². The molecule has 108 valence electrons. The zero-order chi connectivity index (χ0) is 14.4. The van der Waals surface area contributed by atoms with Crippen molar-refractivity contribution in [3.05, 3.63) is 54.0 Å². The minimum Gasteiger partial charge on any atom is -0.468 e. The third kappa shape index (κ3) is 4.40. The van der Waals surface area contributed by atoms with Crippen LogP contribution >= 0.6 is 11.8 Å². The van der Waals surface area contributed by atoms with Gasteiger partial charge in [0.2, 0.25) is 10.0 Å². The van der Waals surface area contributed by atoms with Crippen LogP contribution in [0.3, 0.4) is 0 Å². The highest BCUT2D eigenvalue weighted by Crippen LogP contribution is 2.13. The Hall–Kier alpha value is -1.24. The van der Waals surface area contributed by atoms with E-state index in [0.717, 1.165) is 17.1 Å². The Bertz CT molecular complexity index is 636. The van der Waals surface area contributed by atoms with Crippen molar-refractivity contribution in [3.63, 3.8) is 0 Å². The maximum absolute atomic E-state index is 12.0. The first-order valence-electron chi connectivity index (χ1n) is 6.24. The number of benzene rings is 1. The van der Waals surface area contributed by atoms with Gasteiger partial charge in [0, 0.05) is 12.3 Å². The van der Waals surface area contributed by atoms with Gasteiger partial charge in [-0.15, -0.1) is 0 Å². The van der Waals surface area contributed by atoms with E-state index in [9.17, 15) is 8.42 Å². The van der Waals surface area contributed by atoms with Crippen molar-refractivity contribution in [3.8, 4) is 0 Å². The number of hydrogen-bond donors (Lipinski definition) is 1. The molecular weight excluding hydrogens is 294 g/mol. The minimum absolute atomic E-state index is 0.313. The minimum atomic E-state index is -3.40. The molecule has 0 fully saturated rings. The number of rotatable bonds is 7. The lowest BCUT2D eigenvalue weighted by molar-refractivity contribution is 0.530. The molecule has 1 heterocycles. The Morgan fingerprint density at radius 1 is 1.25 bits per heavy atom. The standard InChI is InChI=1S/C14H17NO3S2/c1-12-4-2-6-14(10-12)20(16,17)15-7-9-19-11-13-5-3-8-18-13/h2-6,8,10,15H,7,9,11H2,1H3. The van der Waals surface area contributed by atoms with Gasteiger partial charge in [-0.3, -0.25) is 0 Å². The van der Waals surface area contributed by atoms with Crippen LogP contribution in [0.5, 0.6) is 0 Å². The maximum atomic E-state index is 12.0. The van der Waals surface area contributed by atoms with E-state index in [1.165, 1.54) is 0 Å². The first kappa shape index (κ1) is 15.2. The van der Waals surface area contributed by atoms with E-state index in [4.69, 9.17) is 4.42 Å². The van der Waals surface area contributed by atoms with Gasteiger partial charge in [-0.25, -0.2) is 13.1 Å². The largest absolute Gasteiger partial charge is 0.468 e. The summed E-state index contributed by atoms with van der Waals surface area (Å²) in [5.74, 6) is 2.35. The zero-order valence-electron chi connectivity index (χ0n) is 11.2. The molecule has 4 nitrogen and oxygen atoms in total. The van der Waals surface area contributed by atoms with Crippen molar-refractivity contribution < 1.29 is 12.8 Å². The predicted molar refractivity (Wildman–Crippen MR) is 81.2 cm³/mol. The van der Waals surface area contributed by atoms with Crippen LogP contribution in [0.25, 0.3) is 0 Å².